The van der Waals surface area contributed by atoms with Crippen molar-refractivity contribution in [2.24, 2.45) is 11.8 Å². The van der Waals surface area contributed by atoms with Crippen LogP contribution in [0.3, 0.4) is 0 Å². The summed E-state index contributed by atoms with van der Waals surface area (Å²) >= 11 is 0. The van der Waals surface area contributed by atoms with Crippen molar-refractivity contribution in [1.82, 2.24) is 37.2 Å². The van der Waals surface area contributed by atoms with Gasteiger partial charge in [0.25, 0.3) is 0 Å². The van der Waals surface area contributed by atoms with Gasteiger partial charge in [0, 0.05) is 89.9 Å². The van der Waals surface area contributed by atoms with Gasteiger partial charge in [-0.2, -0.15) is 0 Å². The van der Waals surface area contributed by atoms with Gasteiger partial charge in [-0.05, 0) is 110 Å². The quantitative estimate of drug-likeness (QED) is 0.0257. The Balaban J connectivity index is 1.53. The molecule has 0 bridgehead atoms. The number of carbonyl (C=O) groups excluding carboxylic acids is 6. The number of hydrogen-bond acceptors (Lipinski definition) is 23. The van der Waals surface area contributed by atoms with Crippen LogP contribution in [0, 0.1) is 11.8 Å². The fourth-order valence-electron chi connectivity index (χ4n) is 10.8. The van der Waals surface area contributed by atoms with Crippen molar-refractivity contribution in [2.45, 2.75) is 274 Å². The fraction of sp³-hybridized carbons (Fsp3) is 0.903. The molecule has 17 atom stereocenters. The molecule has 3 saturated heterocycles. The van der Waals surface area contributed by atoms with Crippen molar-refractivity contribution in [3.05, 3.63) is 0 Å². The van der Waals surface area contributed by atoms with E-state index in [1.807, 2.05) is 13.8 Å². The van der Waals surface area contributed by atoms with Gasteiger partial charge < -0.3 is 116 Å². The van der Waals surface area contributed by atoms with Crippen LogP contribution in [0.2, 0.25) is 0 Å². The Morgan fingerprint density at radius 3 is 1.35 bits per heavy atom. The molecular formula is C62H115N7O22. The summed E-state index contributed by atoms with van der Waals surface area (Å²) in [5.74, 6) is -2.52. The topological polar surface area (TPSA) is 433 Å². The summed E-state index contributed by atoms with van der Waals surface area (Å²) in [7, 11) is 0. The van der Waals surface area contributed by atoms with E-state index < -0.39 is 123 Å². The average Bonchev–Trinajstić information content (AvgIpc) is 1.21. The van der Waals surface area contributed by atoms with Crippen LogP contribution in [-0.4, -0.2) is 252 Å². The summed E-state index contributed by atoms with van der Waals surface area (Å²) in [6, 6.07) is -2.29. The van der Waals surface area contributed by atoms with E-state index >= 15 is 0 Å². The Labute approximate surface area is 537 Å². The Morgan fingerprint density at radius 2 is 0.879 bits per heavy atom. The van der Waals surface area contributed by atoms with Crippen LogP contribution >= 0.6 is 0 Å². The monoisotopic (exact) mass is 1310 g/mol. The molecule has 3 rings (SSSR count). The maximum absolute atomic E-state index is 14.3. The largest absolute Gasteiger partial charge is 0.394 e. The normalized spacial score (nSPS) is 27.4. The zero-order valence-electron chi connectivity index (χ0n) is 54.6. The second-order valence-corrected chi connectivity index (χ2v) is 24.6. The summed E-state index contributed by atoms with van der Waals surface area (Å²) in [4.78, 5) is 77.4. The van der Waals surface area contributed by atoms with Crippen molar-refractivity contribution >= 4 is 35.4 Å². The van der Waals surface area contributed by atoms with Crippen LogP contribution in [0.4, 0.5) is 0 Å². The molecule has 3 fully saturated rings. The Bertz CT molecular complexity index is 2020. The Kier molecular flexibility index (Phi) is 42.1. The van der Waals surface area contributed by atoms with E-state index in [0.717, 1.165) is 12.8 Å². The summed E-state index contributed by atoms with van der Waals surface area (Å²) < 4.78 is 39.7. The highest BCUT2D eigenvalue weighted by atomic mass is 16.7. The third kappa shape index (κ3) is 32.4. The second-order valence-electron chi connectivity index (χ2n) is 24.6. The molecule has 0 aliphatic carbocycles. The van der Waals surface area contributed by atoms with Crippen molar-refractivity contribution in [3.63, 3.8) is 0 Å². The third-order valence-corrected chi connectivity index (χ3v) is 16.5. The molecule has 0 spiro atoms. The molecule has 3 aliphatic heterocycles. The van der Waals surface area contributed by atoms with Gasteiger partial charge in [-0.3, -0.25) is 28.8 Å². The first kappa shape index (κ1) is 81.4. The highest BCUT2D eigenvalue weighted by molar-refractivity contribution is 5.87. The molecule has 0 aromatic rings. The number of aliphatic hydroxyl groups is 9. The predicted octanol–water partition coefficient (Wildman–Crippen LogP) is -0.997. The molecule has 3 heterocycles. The first-order valence-electron chi connectivity index (χ1n) is 33.3. The van der Waals surface area contributed by atoms with Crippen molar-refractivity contribution in [2.75, 3.05) is 72.6 Å². The molecule has 16 N–H and O–H groups in total. The Hall–Kier alpha value is -3.86. The molecule has 8 unspecified atom stereocenters. The lowest BCUT2D eigenvalue weighted by Gasteiger charge is -2.42. The first-order valence-corrected chi connectivity index (χ1v) is 33.3. The minimum absolute atomic E-state index is 0.00236. The van der Waals surface area contributed by atoms with Crippen molar-refractivity contribution < 1.29 is 108 Å². The molecule has 91 heavy (non-hydrogen) atoms. The smallest absolute Gasteiger partial charge is 0.242 e. The van der Waals surface area contributed by atoms with Gasteiger partial charge in [0.15, 0.2) is 18.9 Å². The number of carbonyl (C=O) groups is 6. The van der Waals surface area contributed by atoms with E-state index in [2.05, 4.69) is 37.2 Å². The number of nitrogens with one attached hydrogen (secondary N) is 7. The van der Waals surface area contributed by atoms with Crippen LogP contribution in [0.5, 0.6) is 0 Å². The van der Waals surface area contributed by atoms with Gasteiger partial charge >= 0.3 is 0 Å². The fourth-order valence-corrected chi connectivity index (χ4v) is 10.8. The van der Waals surface area contributed by atoms with Gasteiger partial charge in [0.2, 0.25) is 35.4 Å². The van der Waals surface area contributed by atoms with E-state index in [-0.39, 0.29) is 80.9 Å². The number of hydrogen-bond donors (Lipinski definition) is 16. The lowest BCUT2D eigenvalue weighted by atomic mass is 9.92. The molecule has 3 aliphatic rings. The van der Waals surface area contributed by atoms with Crippen LogP contribution in [-0.2, 0) is 61.9 Å². The van der Waals surface area contributed by atoms with Gasteiger partial charge in [0.1, 0.15) is 61.5 Å². The van der Waals surface area contributed by atoms with E-state index in [9.17, 15) is 74.7 Å². The lowest BCUT2D eigenvalue weighted by Crippen LogP contribution is -2.64. The summed E-state index contributed by atoms with van der Waals surface area (Å²) in [6.45, 7) is 9.61. The number of rotatable bonds is 49. The minimum atomic E-state index is -1.42. The van der Waals surface area contributed by atoms with Gasteiger partial charge in [-0.1, -0.05) is 39.5 Å². The molecule has 0 saturated carbocycles. The van der Waals surface area contributed by atoms with Crippen LogP contribution in [0.15, 0.2) is 0 Å². The van der Waals surface area contributed by atoms with E-state index in [0.29, 0.717) is 142 Å². The number of unbranched alkanes of at least 4 members (excludes halogenated alkanes) is 10. The van der Waals surface area contributed by atoms with Gasteiger partial charge in [0.05, 0.1) is 38.1 Å². The van der Waals surface area contributed by atoms with Crippen LogP contribution in [0.1, 0.15) is 176 Å². The third-order valence-electron chi connectivity index (χ3n) is 16.5. The van der Waals surface area contributed by atoms with Crippen molar-refractivity contribution in [1.29, 1.82) is 0 Å². The molecule has 29 nitrogen and oxygen atoms in total. The highest BCUT2D eigenvalue weighted by Crippen LogP contribution is 2.29. The van der Waals surface area contributed by atoms with Gasteiger partial charge in [-0.15, -0.1) is 0 Å². The zero-order chi connectivity index (χ0) is 67.1. The summed E-state index contributed by atoms with van der Waals surface area (Å²) in [5, 5.41) is 111. The highest BCUT2D eigenvalue weighted by Gasteiger charge is 2.46. The SMILES string of the molecule is CC(=O)NC1[C@H](OCCCCCC(=O)NCCCCC(CNCCCCCC(=O)NCOC(C)C)NC(=O)C(CCCCNC(=O)CCCCCO[C@@H]2OC(CO)[C@H](O)[C@H](O)C2C)NC(=O)CCCCCO[C@@H]2OC(CO)[C@H](O)[C@H](O)C2C)OC(CO)[C@H](O)[C@@H]1O. The summed E-state index contributed by atoms with van der Waals surface area (Å²) in [6.07, 6.45) is -1.51. The summed E-state index contributed by atoms with van der Waals surface area (Å²) in [5.41, 5.74) is 0. The average molecular weight is 1310 g/mol. The molecule has 6 amide bonds. The Morgan fingerprint density at radius 1 is 0.462 bits per heavy atom. The molecule has 530 valence electrons. The molecule has 0 aromatic heterocycles. The molecular weight excluding hydrogens is 1190 g/mol. The first-order chi connectivity index (χ1) is 43.6. The molecule has 0 aromatic carbocycles. The predicted molar refractivity (Wildman–Crippen MR) is 331 cm³/mol. The zero-order valence-corrected chi connectivity index (χ0v) is 54.6. The van der Waals surface area contributed by atoms with E-state index in [1.165, 1.54) is 6.92 Å². The molecule has 0 radical (unpaired) electrons. The number of ether oxygens (including phenoxy) is 7. The second kappa shape index (κ2) is 47.1. The van der Waals surface area contributed by atoms with Crippen LogP contribution in [0.25, 0.3) is 0 Å². The van der Waals surface area contributed by atoms with Gasteiger partial charge in [-0.25, -0.2) is 0 Å². The van der Waals surface area contributed by atoms with Crippen LogP contribution < -0.4 is 37.2 Å². The van der Waals surface area contributed by atoms with E-state index in [1.54, 1.807) is 13.8 Å². The molecule has 29 heteroatoms. The van der Waals surface area contributed by atoms with Crippen molar-refractivity contribution in [3.8, 4) is 0 Å². The lowest BCUT2D eigenvalue weighted by molar-refractivity contribution is -0.282. The standard InChI is InChI=1S/C62H115N7O22/c1-39(2)88-38-66-50(76)26-10-6-16-28-63-34-43(22-14-17-29-64-48(74)25-12-8-21-33-87-62-52(67-42(5)73)58(83)57(82)47(37-72)91-62)68-59(84)44(69-51(77)27-13-9-20-32-86-61-41(4)54(79)56(81)46(36-71)90-61)23-15-18-30-65-49(75)24-11-7-19-31-85-60-40(3)53(78)55(80)45(35-70)89-60/h39-41,43-47,52-58,60-63,70-72,78-83H,6-38H2,1-5H3,(H,64,74)(H,65,75)(H,66,76)(H,67,73)(H,68,84)(H,69,77)/t40?,41?,43?,44?,45?,46?,47?,52?,53-,54-,55+,56+,57+,58-,60-,61-,62-/m1/s1. The maximum Gasteiger partial charge on any atom is 0.242 e. The number of amides is 6. The minimum Gasteiger partial charge on any atom is -0.394 e. The number of aliphatic hydroxyl groups excluding tert-OH is 9. The van der Waals surface area contributed by atoms with E-state index in [4.69, 9.17) is 33.2 Å². The maximum atomic E-state index is 14.3.